The number of nitrogens with one attached hydrogen (secondary N) is 2. The third kappa shape index (κ3) is 11.8. The number of benzene rings is 4. The maximum absolute atomic E-state index is 14.2. The number of aryl methyl sites for hydroxylation is 1. The minimum absolute atomic E-state index is 0.0925. The lowest BCUT2D eigenvalue weighted by molar-refractivity contribution is -0.0435. The van der Waals surface area contributed by atoms with Crippen molar-refractivity contribution < 1.29 is 30.0 Å². The van der Waals surface area contributed by atoms with Gasteiger partial charge in [0.25, 0.3) is 19.9 Å². The second-order valence-corrected chi connectivity index (χ2v) is 21.3. The molecule has 2 aliphatic heterocycles. The number of rotatable bonds is 16. The number of nitrogens with zero attached hydrogens (tertiary/aromatic N) is 6. The fourth-order valence-electron chi connectivity index (χ4n) is 8.09. The molecule has 2 aliphatic rings. The topological polar surface area (TPSA) is 133 Å². The highest BCUT2D eigenvalue weighted by Crippen LogP contribution is 2.37. The Bertz CT molecular complexity index is 2540. The average molecular weight is 946 g/mol. The third-order valence-corrected chi connectivity index (χ3v) is 15.8. The number of aromatic nitrogens is 3. The SMILES string of the molecule is CN(C)CC[C@H](CSc1ccccc1)Nc1ccc(S(=O)(=O)Nc2nnc3n2CCN(C2CCN(Cc4ccccc4-c4ccc(Cl)cc4)CC2)CCC3)cc1S(=O)(=O)C(F)(F)F. The van der Waals surface area contributed by atoms with Gasteiger partial charge in [-0.2, -0.15) is 13.2 Å². The van der Waals surface area contributed by atoms with Crippen molar-refractivity contribution in [3.63, 3.8) is 0 Å². The van der Waals surface area contributed by atoms with E-state index < -0.39 is 41.2 Å². The van der Waals surface area contributed by atoms with E-state index in [9.17, 15) is 30.0 Å². The number of anilines is 2. The molecule has 2 N–H and O–H groups in total. The highest BCUT2D eigenvalue weighted by molar-refractivity contribution is 7.99. The Balaban J connectivity index is 1.03. The Morgan fingerprint density at radius 2 is 1.59 bits per heavy atom. The van der Waals surface area contributed by atoms with Crippen LogP contribution >= 0.6 is 23.4 Å². The van der Waals surface area contributed by atoms with E-state index in [1.165, 1.54) is 22.9 Å². The molecule has 3 heterocycles. The summed E-state index contributed by atoms with van der Waals surface area (Å²) in [6.45, 7) is 5.05. The fraction of sp³-hybridized carbons (Fsp3) is 0.409. The van der Waals surface area contributed by atoms with E-state index in [4.69, 9.17) is 11.6 Å². The summed E-state index contributed by atoms with van der Waals surface area (Å²) < 4.78 is 101. The number of thioether (sulfide) groups is 1. The van der Waals surface area contributed by atoms with Crippen molar-refractivity contribution >= 4 is 54.9 Å². The molecule has 0 aliphatic carbocycles. The van der Waals surface area contributed by atoms with Crippen LogP contribution in [0.4, 0.5) is 24.8 Å². The maximum atomic E-state index is 14.2. The predicted molar refractivity (Wildman–Crippen MR) is 243 cm³/mol. The molecule has 12 nitrogen and oxygen atoms in total. The highest BCUT2D eigenvalue weighted by atomic mass is 35.5. The minimum atomic E-state index is -5.99. The van der Waals surface area contributed by atoms with Gasteiger partial charge in [0.2, 0.25) is 5.95 Å². The molecule has 19 heteroatoms. The van der Waals surface area contributed by atoms with Crippen LogP contribution in [0.25, 0.3) is 11.1 Å². The van der Waals surface area contributed by atoms with Crippen molar-refractivity contribution in [1.82, 2.24) is 29.5 Å². The molecular weight excluding hydrogens is 893 g/mol. The largest absolute Gasteiger partial charge is 0.501 e. The third-order valence-electron chi connectivity index (χ3n) is 11.5. The number of alkyl halides is 3. The average Bonchev–Trinajstić information content (AvgIpc) is 3.61. The summed E-state index contributed by atoms with van der Waals surface area (Å²) in [7, 11) is -6.91. The Labute approximate surface area is 377 Å². The van der Waals surface area contributed by atoms with Gasteiger partial charge in [-0.1, -0.05) is 66.2 Å². The second-order valence-electron chi connectivity index (χ2n) is 16.2. The van der Waals surface area contributed by atoms with Gasteiger partial charge in [0, 0.05) is 53.8 Å². The number of likely N-dealkylation sites (tertiary alicyclic amines) is 1. The van der Waals surface area contributed by atoms with Gasteiger partial charge in [-0.05, 0) is 125 Å². The number of hydrogen-bond donors (Lipinski definition) is 2. The van der Waals surface area contributed by atoms with Gasteiger partial charge in [0.15, 0.2) is 0 Å². The van der Waals surface area contributed by atoms with Crippen molar-refractivity contribution in [3.05, 3.63) is 113 Å². The number of fused-ring (bicyclic) bond motifs is 1. The summed E-state index contributed by atoms with van der Waals surface area (Å²) in [6, 6.07) is 28.3. The second kappa shape index (κ2) is 20.3. The van der Waals surface area contributed by atoms with E-state index in [1.54, 1.807) is 4.57 Å². The van der Waals surface area contributed by atoms with Crippen molar-refractivity contribution in [2.24, 2.45) is 0 Å². The van der Waals surface area contributed by atoms with Crippen LogP contribution in [-0.4, -0.2) is 116 Å². The van der Waals surface area contributed by atoms with Crippen LogP contribution < -0.4 is 10.0 Å². The van der Waals surface area contributed by atoms with Crippen molar-refractivity contribution in [3.8, 4) is 11.1 Å². The molecule has 1 aromatic heterocycles. The van der Waals surface area contributed by atoms with Crippen LogP contribution in [0, 0.1) is 0 Å². The quantitative estimate of drug-likeness (QED) is 0.0930. The van der Waals surface area contributed by atoms with E-state index in [-0.39, 0.29) is 11.6 Å². The van der Waals surface area contributed by atoms with Crippen LogP contribution in [0.15, 0.2) is 112 Å². The first kappa shape index (κ1) is 46.8. The molecule has 4 aromatic carbocycles. The number of halogens is 4. The Kier molecular flexibility index (Phi) is 15.1. The monoisotopic (exact) mass is 944 g/mol. The summed E-state index contributed by atoms with van der Waals surface area (Å²) >= 11 is 7.62. The number of piperidine rings is 1. The van der Waals surface area contributed by atoms with Crippen molar-refractivity contribution in [2.75, 3.05) is 62.6 Å². The van der Waals surface area contributed by atoms with Crippen LogP contribution in [-0.2, 0) is 39.4 Å². The molecule has 1 fully saturated rings. The molecule has 1 atom stereocenters. The number of hydrogen-bond acceptors (Lipinski definition) is 11. The smallest absolute Gasteiger partial charge is 0.380 e. The Hall–Kier alpha value is -4.17. The Morgan fingerprint density at radius 3 is 2.30 bits per heavy atom. The zero-order chi connectivity index (χ0) is 44.8. The van der Waals surface area contributed by atoms with E-state index >= 15 is 0 Å². The molecule has 0 bridgehead atoms. The summed E-state index contributed by atoms with van der Waals surface area (Å²) in [5.74, 6) is 0.893. The Morgan fingerprint density at radius 1 is 0.873 bits per heavy atom. The molecule has 0 radical (unpaired) electrons. The summed E-state index contributed by atoms with van der Waals surface area (Å²) in [5, 5.41) is 12.1. The molecule has 63 heavy (non-hydrogen) atoms. The highest BCUT2D eigenvalue weighted by Gasteiger charge is 2.48. The van der Waals surface area contributed by atoms with Crippen molar-refractivity contribution in [1.29, 1.82) is 0 Å². The molecule has 0 spiro atoms. The van der Waals surface area contributed by atoms with Gasteiger partial charge < -0.3 is 10.2 Å². The molecule has 0 saturated carbocycles. The normalized spacial score (nSPS) is 16.6. The van der Waals surface area contributed by atoms with Crippen LogP contribution in [0.2, 0.25) is 5.02 Å². The minimum Gasteiger partial charge on any atom is -0.380 e. The fourth-order valence-corrected chi connectivity index (χ4v) is 11.3. The molecule has 7 rings (SSSR count). The zero-order valence-electron chi connectivity index (χ0n) is 35.1. The van der Waals surface area contributed by atoms with Gasteiger partial charge in [-0.15, -0.1) is 22.0 Å². The van der Waals surface area contributed by atoms with E-state index in [0.29, 0.717) is 61.2 Å². The van der Waals surface area contributed by atoms with Gasteiger partial charge in [-0.3, -0.25) is 14.4 Å². The lowest BCUT2D eigenvalue weighted by atomic mass is 9.97. The van der Waals surface area contributed by atoms with Crippen molar-refractivity contribution in [2.45, 2.75) is 77.5 Å². The van der Waals surface area contributed by atoms with Gasteiger partial charge >= 0.3 is 5.51 Å². The molecule has 0 amide bonds. The van der Waals surface area contributed by atoms with E-state index in [0.717, 1.165) is 68.0 Å². The van der Waals surface area contributed by atoms with E-state index in [2.05, 4.69) is 48.2 Å². The summed E-state index contributed by atoms with van der Waals surface area (Å²) in [6.07, 6.45) is 3.71. The first-order chi connectivity index (χ1) is 30.1. The summed E-state index contributed by atoms with van der Waals surface area (Å²) in [5.41, 5.74) is -2.47. The molecular formula is C44H52ClF3N8O4S3. The lowest BCUT2D eigenvalue weighted by Gasteiger charge is -2.39. The molecule has 1 saturated heterocycles. The first-order valence-corrected chi connectivity index (χ1v) is 25.2. The predicted octanol–water partition coefficient (Wildman–Crippen LogP) is 8.13. The van der Waals surface area contributed by atoms with Crippen LogP contribution in [0.1, 0.15) is 37.1 Å². The van der Waals surface area contributed by atoms with Crippen LogP contribution in [0.3, 0.4) is 0 Å². The summed E-state index contributed by atoms with van der Waals surface area (Å²) in [4.78, 5) is 5.92. The zero-order valence-corrected chi connectivity index (χ0v) is 38.3. The molecule has 0 unspecified atom stereocenters. The van der Waals surface area contributed by atoms with Gasteiger partial charge in [0.05, 0.1) is 10.6 Å². The van der Waals surface area contributed by atoms with Gasteiger partial charge in [-0.25, -0.2) is 21.6 Å². The maximum Gasteiger partial charge on any atom is 0.501 e. The number of sulfone groups is 1. The first-order valence-electron chi connectivity index (χ1n) is 20.9. The molecule has 5 aromatic rings. The van der Waals surface area contributed by atoms with Crippen LogP contribution in [0.5, 0.6) is 0 Å². The number of sulfonamides is 1. The van der Waals surface area contributed by atoms with E-state index in [1.807, 2.05) is 79.7 Å². The van der Waals surface area contributed by atoms with Gasteiger partial charge in [0.1, 0.15) is 10.7 Å². The lowest BCUT2D eigenvalue weighted by Crippen LogP contribution is -2.46. The standard InChI is InChI=1S/C44H52ClF3N8O4S3/c1-53(2)24-20-35(31-61-37-10-4-3-5-11-37)49-40-19-18-38(29-41(40)62(57,58)44(46,47)48)63(59,60)52-43-51-50-42-13-8-23-55(27-28-56(42)43)36-21-25-54(26-22-36)30-33-9-6-7-12-39(33)32-14-16-34(45)17-15-32/h3-7,9-12,14-19,29,35-36,49H,8,13,20-28,30-31H2,1-2H3,(H,51,52)/t35-/m1/s1. The molecule has 338 valence electrons.